The first-order valence-electron chi connectivity index (χ1n) is 9.22. The fraction of sp³-hybridized carbons (Fsp3) is 0.333. The van der Waals surface area contributed by atoms with Gasteiger partial charge >= 0.3 is 0 Å². The van der Waals surface area contributed by atoms with Crippen LogP contribution in [0.15, 0.2) is 64.3 Å². The Bertz CT molecular complexity index is 826. The molecule has 3 rings (SSSR count). The van der Waals surface area contributed by atoms with Gasteiger partial charge in [-0.1, -0.05) is 43.0 Å². The number of fused-ring (bicyclic) bond motifs is 2. The molecule has 1 aromatic carbocycles. The maximum absolute atomic E-state index is 4.89. The van der Waals surface area contributed by atoms with Gasteiger partial charge in [0, 0.05) is 29.9 Å². The van der Waals surface area contributed by atoms with E-state index in [1.165, 1.54) is 40.8 Å². The molecule has 134 valence electrons. The van der Waals surface area contributed by atoms with Crippen LogP contribution in [-0.4, -0.2) is 18.0 Å². The number of terminal acetylenes is 1. The van der Waals surface area contributed by atoms with Crippen LogP contribution in [0, 0.1) is 12.3 Å². The van der Waals surface area contributed by atoms with Crippen molar-refractivity contribution in [1.82, 2.24) is 0 Å². The van der Waals surface area contributed by atoms with Crippen LogP contribution in [0.3, 0.4) is 0 Å². The van der Waals surface area contributed by atoms with Gasteiger partial charge in [-0.05, 0) is 56.7 Å². The van der Waals surface area contributed by atoms with Crippen molar-refractivity contribution >= 4 is 17.0 Å². The first-order chi connectivity index (χ1) is 12.6. The standard InChI is InChI=1S/C21H24N2.C3H4/c1-4-9-16-17-10-5-6-11-19(17)21(23-15(2)3)14-20-18(16)12-7-8-13-22-20;1-3-2/h4-6,9-11H,2,7-8,12-14H2,1,3H3;1H,2H3/b9-4-,23-21?;. The zero-order valence-electron chi connectivity index (χ0n) is 16.2. The van der Waals surface area contributed by atoms with Gasteiger partial charge in [0.1, 0.15) is 0 Å². The molecule has 1 aromatic rings. The second-order valence-corrected chi connectivity index (χ2v) is 6.48. The lowest BCUT2D eigenvalue weighted by molar-refractivity contribution is 0.770. The topological polar surface area (TPSA) is 24.7 Å². The molecule has 2 aliphatic rings. The van der Waals surface area contributed by atoms with E-state index < -0.39 is 0 Å². The van der Waals surface area contributed by atoms with Gasteiger partial charge in [0.15, 0.2) is 0 Å². The third kappa shape index (κ3) is 4.70. The van der Waals surface area contributed by atoms with E-state index in [0.717, 1.165) is 30.8 Å². The van der Waals surface area contributed by atoms with Gasteiger partial charge in [-0.2, -0.15) is 0 Å². The first-order valence-corrected chi connectivity index (χ1v) is 9.22. The Morgan fingerprint density at radius 2 is 1.96 bits per heavy atom. The predicted octanol–water partition coefficient (Wildman–Crippen LogP) is 6.01. The number of hydrogen-bond donors (Lipinski definition) is 0. The van der Waals surface area contributed by atoms with Crippen LogP contribution in [0.4, 0.5) is 0 Å². The normalized spacial score (nSPS) is 17.9. The average Bonchev–Trinajstić information content (AvgIpc) is 2.90. The minimum absolute atomic E-state index is 0.806. The van der Waals surface area contributed by atoms with E-state index in [9.17, 15) is 0 Å². The zero-order chi connectivity index (χ0) is 18.9. The molecule has 0 radical (unpaired) electrons. The quantitative estimate of drug-likeness (QED) is 0.587. The Morgan fingerprint density at radius 1 is 1.27 bits per heavy atom. The summed E-state index contributed by atoms with van der Waals surface area (Å²) in [6.45, 7) is 10.6. The number of allylic oxidation sites excluding steroid dienone is 5. The summed E-state index contributed by atoms with van der Waals surface area (Å²) in [6, 6.07) is 8.58. The summed E-state index contributed by atoms with van der Waals surface area (Å²) in [5, 5.41) is 0. The smallest absolute Gasteiger partial charge is 0.0544 e. The van der Waals surface area contributed by atoms with Crippen molar-refractivity contribution in [2.75, 3.05) is 6.54 Å². The Hall–Kier alpha value is -2.66. The van der Waals surface area contributed by atoms with Crippen LogP contribution >= 0.6 is 0 Å². The molecule has 0 bridgehead atoms. The van der Waals surface area contributed by atoms with Crippen LogP contribution in [0.25, 0.3) is 5.57 Å². The van der Waals surface area contributed by atoms with Crippen molar-refractivity contribution in [3.63, 3.8) is 0 Å². The van der Waals surface area contributed by atoms with E-state index in [1.54, 1.807) is 6.92 Å². The van der Waals surface area contributed by atoms with Crippen LogP contribution in [-0.2, 0) is 0 Å². The average molecular weight is 345 g/mol. The van der Waals surface area contributed by atoms with Gasteiger partial charge in [-0.25, -0.2) is 0 Å². The van der Waals surface area contributed by atoms with E-state index in [1.807, 2.05) is 6.92 Å². The molecule has 26 heavy (non-hydrogen) atoms. The molecule has 2 nitrogen and oxygen atoms in total. The molecule has 0 spiro atoms. The predicted molar refractivity (Wildman–Crippen MR) is 115 cm³/mol. The van der Waals surface area contributed by atoms with Crippen molar-refractivity contribution in [1.29, 1.82) is 0 Å². The first kappa shape index (κ1) is 19.7. The molecule has 0 atom stereocenters. The van der Waals surface area contributed by atoms with Crippen molar-refractivity contribution in [2.45, 2.75) is 46.5 Å². The van der Waals surface area contributed by atoms with Gasteiger partial charge < -0.3 is 0 Å². The highest BCUT2D eigenvalue weighted by atomic mass is 14.8. The molecule has 0 saturated carbocycles. The fourth-order valence-corrected chi connectivity index (χ4v) is 3.39. The third-order valence-electron chi connectivity index (χ3n) is 4.33. The lowest BCUT2D eigenvalue weighted by atomic mass is 9.93. The summed E-state index contributed by atoms with van der Waals surface area (Å²) in [5.41, 5.74) is 8.35. The highest BCUT2D eigenvalue weighted by molar-refractivity contribution is 6.24. The summed E-state index contributed by atoms with van der Waals surface area (Å²) in [7, 11) is 0. The highest BCUT2D eigenvalue weighted by Crippen LogP contribution is 2.34. The summed E-state index contributed by atoms with van der Waals surface area (Å²) in [4.78, 5) is 9.64. The molecule has 0 unspecified atom stereocenters. The van der Waals surface area contributed by atoms with Crippen molar-refractivity contribution in [3.8, 4) is 12.3 Å². The van der Waals surface area contributed by atoms with E-state index in [4.69, 9.17) is 9.98 Å². The largest absolute Gasteiger partial charge is 0.289 e. The number of benzene rings is 1. The van der Waals surface area contributed by atoms with Crippen LogP contribution in [0.5, 0.6) is 0 Å². The summed E-state index contributed by atoms with van der Waals surface area (Å²) in [5.74, 6) is 2.25. The second-order valence-electron chi connectivity index (χ2n) is 6.48. The minimum atomic E-state index is 0.806. The van der Waals surface area contributed by atoms with Crippen molar-refractivity contribution in [2.24, 2.45) is 9.98 Å². The molecular formula is C24H28N2. The molecule has 0 aromatic heterocycles. The summed E-state index contributed by atoms with van der Waals surface area (Å²) in [6.07, 6.45) is 13.2. The van der Waals surface area contributed by atoms with E-state index in [2.05, 4.69) is 62.3 Å². The fourth-order valence-electron chi connectivity index (χ4n) is 3.39. The van der Waals surface area contributed by atoms with Gasteiger partial charge in [-0.3, -0.25) is 9.98 Å². The highest BCUT2D eigenvalue weighted by Gasteiger charge is 2.24. The lowest BCUT2D eigenvalue weighted by Crippen LogP contribution is -2.10. The summed E-state index contributed by atoms with van der Waals surface area (Å²) < 4.78 is 0. The van der Waals surface area contributed by atoms with Crippen LogP contribution < -0.4 is 0 Å². The molecule has 0 fully saturated rings. The van der Waals surface area contributed by atoms with E-state index in [-0.39, 0.29) is 0 Å². The van der Waals surface area contributed by atoms with Gasteiger partial charge in [0.2, 0.25) is 0 Å². The maximum Gasteiger partial charge on any atom is 0.0544 e. The van der Waals surface area contributed by atoms with Crippen molar-refractivity contribution in [3.05, 3.63) is 65.4 Å². The molecule has 1 heterocycles. The summed E-state index contributed by atoms with van der Waals surface area (Å²) >= 11 is 0. The van der Waals surface area contributed by atoms with Crippen LogP contribution in [0.1, 0.15) is 57.6 Å². The van der Waals surface area contributed by atoms with Gasteiger partial charge in [0.25, 0.3) is 0 Å². The second kappa shape index (κ2) is 9.73. The lowest BCUT2D eigenvalue weighted by Gasteiger charge is -2.11. The van der Waals surface area contributed by atoms with E-state index >= 15 is 0 Å². The van der Waals surface area contributed by atoms with Crippen molar-refractivity contribution < 1.29 is 0 Å². The molecule has 0 amide bonds. The number of rotatable bonds is 2. The van der Waals surface area contributed by atoms with Gasteiger partial charge in [-0.15, -0.1) is 12.3 Å². The maximum atomic E-state index is 4.89. The monoisotopic (exact) mass is 344 g/mol. The molecule has 2 heteroatoms. The van der Waals surface area contributed by atoms with E-state index in [0.29, 0.717) is 0 Å². The number of hydrogen-bond acceptors (Lipinski definition) is 2. The molecule has 1 aliphatic carbocycles. The van der Waals surface area contributed by atoms with Gasteiger partial charge in [0.05, 0.1) is 5.71 Å². The molecule has 0 N–H and O–H groups in total. The molecular weight excluding hydrogens is 316 g/mol. The molecule has 0 saturated heterocycles. The Labute approximate surface area is 158 Å². The molecule has 1 aliphatic heterocycles. The Balaban J connectivity index is 0.000000758. The number of aliphatic imine (C=N–C) groups is 2. The minimum Gasteiger partial charge on any atom is -0.289 e. The van der Waals surface area contributed by atoms with Crippen LogP contribution in [0.2, 0.25) is 0 Å². The Morgan fingerprint density at radius 3 is 2.62 bits per heavy atom. The Kier molecular flexibility index (Phi) is 7.36. The third-order valence-corrected chi connectivity index (χ3v) is 4.33. The zero-order valence-corrected chi connectivity index (χ0v) is 16.2. The number of nitrogens with zero attached hydrogens (tertiary/aromatic N) is 2. The SMILES string of the molecule is C#CC.C=C(C)N=C1CC2=NCCCCC2=C(/C=C\C)c2ccccc21.